The fraction of sp³-hybridized carbons (Fsp3) is 0.529. The monoisotopic (exact) mass is 381 g/mol. The number of nitrogens with zero attached hydrogens (tertiary/aromatic N) is 3. The zero-order valence-electron chi connectivity index (χ0n) is 14.3. The quantitative estimate of drug-likeness (QED) is 0.819. The van der Waals surface area contributed by atoms with Crippen LogP contribution >= 0.6 is 0 Å². The van der Waals surface area contributed by atoms with E-state index in [-0.39, 0.29) is 24.7 Å². The number of fused-ring (bicyclic) bond motifs is 1. The first-order valence-corrected chi connectivity index (χ1v) is 8.77. The molecule has 2 N–H and O–H groups in total. The zero-order valence-corrected chi connectivity index (χ0v) is 14.3. The lowest BCUT2D eigenvalue weighted by atomic mass is 9.97. The number of imidazole rings is 1. The molecule has 3 heterocycles. The first-order valence-electron chi connectivity index (χ1n) is 8.77. The van der Waals surface area contributed by atoms with E-state index in [2.05, 4.69) is 15.4 Å². The number of aromatic nitrogens is 3. The number of carbonyl (C=O) groups excluding carboxylic acids is 2. The molecule has 2 amide bonds. The normalized spacial score (nSPS) is 22.9. The van der Waals surface area contributed by atoms with E-state index in [0.29, 0.717) is 23.4 Å². The van der Waals surface area contributed by atoms with Crippen molar-refractivity contribution in [2.24, 2.45) is 11.8 Å². The molecular weight excluding hydrogens is 363 g/mol. The molecule has 7 nitrogen and oxygen atoms in total. The van der Waals surface area contributed by atoms with Gasteiger partial charge in [0.25, 0.3) is 0 Å². The lowest BCUT2D eigenvalue weighted by Gasteiger charge is -2.13. The maximum atomic E-state index is 12.8. The van der Waals surface area contributed by atoms with Crippen LogP contribution in [-0.2, 0) is 22.6 Å². The van der Waals surface area contributed by atoms with Gasteiger partial charge >= 0.3 is 6.18 Å². The Balaban J connectivity index is 1.42. The predicted molar refractivity (Wildman–Crippen MR) is 87.4 cm³/mol. The van der Waals surface area contributed by atoms with Gasteiger partial charge in [0.15, 0.2) is 5.65 Å². The molecule has 2 unspecified atom stereocenters. The average molecular weight is 381 g/mol. The number of hydrogen-bond donors (Lipinski definition) is 2. The molecule has 2 fully saturated rings. The number of nitrogens with one attached hydrogen (secondary N) is 2. The number of rotatable bonds is 5. The summed E-state index contributed by atoms with van der Waals surface area (Å²) in [5, 5.41) is 9.02. The summed E-state index contributed by atoms with van der Waals surface area (Å²) in [6, 6.07) is -0.0901. The van der Waals surface area contributed by atoms with E-state index < -0.39 is 24.0 Å². The molecule has 0 aromatic carbocycles. The molecule has 1 saturated heterocycles. The molecule has 0 radical (unpaired) electrons. The van der Waals surface area contributed by atoms with Crippen LogP contribution in [0.4, 0.5) is 13.2 Å². The van der Waals surface area contributed by atoms with E-state index in [4.69, 9.17) is 0 Å². The number of carbonyl (C=O) groups is 2. The third-order valence-electron chi connectivity index (χ3n) is 4.90. The molecule has 4 rings (SSSR count). The lowest BCUT2D eigenvalue weighted by molar-refractivity contribution is -0.154. The topological polar surface area (TPSA) is 88.4 Å². The van der Waals surface area contributed by atoms with Crippen molar-refractivity contribution < 1.29 is 22.8 Å². The fourth-order valence-electron chi connectivity index (χ4n) is 3.25. The Morgan fingerprint density at radius 3 is 2.81 bits per heavy atom. The first-order chi connectivity index (χ1) is 12.8. The highest BCUT2D eigenvalue weighted by Crippen LogP contribution is 2.31. The van der Waals surface area contributed by atoms with Gasteiger partial charge < -0.3 is 10.6 Å². The zero-order chi connectivity index (χ0) is 19.2. The molecule has 10 heteroatoms. The number of alkyl halides is 3. The Morgan fingerprint density at radius 1 is 1.37 bits per heavy atom. The van der Waals surface area contributed by atoms with Gasteiger partial charge in [-0.3, -0.25) is 9.59 Å². The standard InChI is InChI=1S/C17H18F3N5O2/c18-17(19,20)13-5-11(16(27)24-13)3-9-4-14-23-12(8-25(14)22-6-9)7-21-15(26)10-1-2-10/h4,6,8,10-11,13H,1-3,5,7H2,(H,21,26)(H,24,27). The molecule has 0 spiro atoms. The van der Waals surface area contributed by atoms with Crippen molar-refractivity contribution in [3.8, 4) is 0 Å². The Hall–Kier alpha value is -2.65. The van der Waals surface area contributed by atoms with Gasteiger partial charge in [0.1, 0.15) is 6.04 Å². The van der Waals surface area contributed by atoms with Crippen LogP contribution < -0.4 is 10.6 Å². The third kappa shape index (κ3) is 3.88. The minimum absolute atomic E-state index is 0.0205. The number of amides is 2. The SMILES string of the molecule is O=C(NCc1cn2ncc(CC3CC(C(F)(F)F)NC3=O)cc2n1)C1CC1. The van der Waals surface area contributed by atoms with E-state index >= 15 is 0 Å². The van der Waals surface area contributed by atoms with Gasteiger partial charge in [-0.2, -0.15) is 18.3 Å². The summed E-state index contributed by atoms with van der Waals surface area (Å²) in [5.41, 5.74) is 1.81. The summed E-state index contributed by atoms with van der Waals surface area (Å²) < 4.78 is 39.8. The summed E-state index contributed by atoms with van der Waals surface area (Å²) in [7, 11) is 0. The molecule has 2 atom stereocenters. The van der Waals surface area contributed by atoms with E-state index in [1.54, 1.807) is 12.3 Å². The largest absolute Gasteiger partial charge is 0.408 e. The van der Waals surface area contributed by atoms with Crippen molar-refractivity contribution in [2.45, 2.75) is 44.4 Å². The smallest absolute Gasteiger partial charge is 0.350 e. The Morgan fingerprint density at radius 2 is 2.15 bits per heavy atom. The molecule has 2 aromatic heterocycles. The Kier molecular flexibility index (Phi) is 4.27. The van der Waals surface area contributed by atoms with Crippen molar-refractivity contribution in [3.63, 3.8) is 0 Å². The van der Waals surface area contributed by atoms with Crippen LogP contribution in [0.25, 0.3) is 5.65 Å². The van der Waals surface area contributed by atoms with Gasteiger partial charge in [0.05, 0.1) is 24.6 Å². The second-order valence-electron chi connectivity index (χ2n) is 7.13. The molecule has 1 aliphatic heterocycles. The second-order valence-corrected chi connectivity index (χ2v) is 7.13. The highest BCUT2D eigenvalue weighted by molar-refractivity contribution is 5.82. The highest BCUT2D eigenvalue weighted by atomic mass is 19.4. The van der Waals surface area contributed by atoms with E-state index in [9.17, 15) is 22.8 Å². The van der Waals surface area contributed by atoms with Crippen LogP contribution in [0.1, 0.15) is 30.5 Å². The third-order valence-corrected chi connectivity index (χ3v) is 4.90. The van der Waals surface area contributed by atoms with Crippen LogP contribution in [-0.4, -0.2) is 38.6 Å². The van der Waals surface area contributed by atoms with Gasteiger partial charge in [-0.15, -0.1) is 0 Å². The Bertz CT molecular complexity index is 890. The molecule has 0 bridgehead atoms. The number of halogens is 3. The lowest BCUT2D eigenvalue weighted by Crippen LogP contribution is -2.38. The number of hydrogen-bond acceptors (Lipinski definition) is 4. The van der Waals surface area contributed by atoms with Gasteiger partial charge in [-0.1, -0.05) is 0 Å². The fourth-order valence-corrected chi connectivity index (χ4v) is 3.25. The van der Waals surface area contributed by atoms with Crippen LogP contribution in [0.15, 0.2) is 18.5 Å². The summed E-state index contributed by atoms with van der Waals surface area (Å²) >= 11 is 0. The summed E-state index contributed by atoms with van der Waals surface area (Å²) in [4.78, 5) is 27.9. The van der Waals surface area contributed by atoms with Crippen molar-refractivity contribution in [3.05, 3.63) is 29.7 Å². The van der Waals surface area contributed by atoms with Gasteiger partial charge in [-0.25, -0.2) is 9.50 Å². The van der Waals surface area contributed by atoms with Crippen LogP contribution in [0.5, 0.6) is 0 Å². The van der Waals surface area contributed by atoms with Crippen LogP contribution in [0.3, 0.4) is 0 Å². The summed E-state index contributed by atoms with van der Waals surface area (Å²) in [6.07, 6.45) is 0.514. The second kappa shape index (κ2) is 6.50. The summed E-state index contributed by atoms with van der Waals surface area (Å²) in [6.45, 7) is 0.298. The van der Waals surface area contributed by atoms with Gasteiger partial charge in [-0.05, 0) is 37.3 Å². The van der Waals surface area contributed by atoms with E-state index in [0.717, 1.165) is 12.8 Å². The van der Waals surface area contributed by atoms with E-state index in [1.165, 1.54) is 10.7 Å². The van der Waals surface area contributed by atoms with Gasteiger partial charge in [0, 0.05) is 11.8 Å². The minimum Gasteiger partial charge on any atom is -0.350 e. The Labute approximate surface area is 152 Å². The average Bonchev–Trinajstić information content (AvgIpc) is 3.27. The highest BCUT2D eigenvalue weighted by Gasteiger charge is 2.47. The maximum Gasteiger partial charge on any atom is 0.408 e. The first kappa shape index (κ1) is 17.7. The van der Waals surface area contributed by atoms with Gasteiger partial charge in [0.2, 0.25) is 11.8 Å². The minimum atomic E-state index is -4.44. The van der Waals surface area contributed by atoms with E-state index in [1.807, 2.05) is 5.32 Å². The molecule has 27 heavy (non-hydrogen) atoms. The molecule has 1 aliphatic carbocycles. The van der Waals surface area contributed by atoms with Crippen molar-refractivity contribution >= 4 is 17.5 Å². The molecule has 2 aliphatic rings. The van der Waals surface area contributed by atoms with Crippen LogP contribution in [0, 0.1) is 11.8 Å². The molecular formula is C17H18F3N5O2. The molecule has 144 valence electrons. The predicted octanol–water partition coefficient (Wildman–Crippen LogP) is 1.36. The van der Waals surface area contributed by atoms with Crippen molar-refractivity contribution in [1.29, 1.82) is 0 Å². The van der Waals surface area contributed by atoms with Crippen molar-refractivity contribution in [1.82, 2.24) is 25.2 Å². The maximum absolute atomic E-state index is 12.8. The molecule has 1 saturated carbocycles. The summed E-state index contributed by atoms with van der Waals surface area (Å²) in [5.74, 6) is -1.20. The van der Waals surface area contributed by atoms with Crippen LogP contribution in [0.2, 0.25) is 0 Å². The molecule has 2 aromatic rings. The van der Waals surface area contributed by atoms with Crippen molar-refractivity contribution in [2.75, 3.05) is 0 Å².